The molecule has 1 rings (SSSR count). The maximum atomic E-state index is 8.87. The molecule has 3 heteroatoms. The number of anilines is 1. The lowest BCUT2D eigenvalue weighted by atomic mass is 10.1. The molecule has 0 N–H and O–H groups in total. The molecule has 3 nitrogen and oxygen atoms in total. The van der Waals surface area contributed by atoms with Crippen LogP contribution in [0, 0.1) is 11.3 Å². The Labute approximate surface area is 104 Å². The molecule has 92 valence electrons. The second-order valence-corrected chi connectivity index (χ2v) is 3.99. The van der Waals surface area contributed by atoms with Gasteiger partial charge in [-0.05, 0) is 25.0 Å². The molecule has 0 aliphatic heterocycles. The molecule has 0 fully saturated rings. The van der Waals surface area contributed by atoms with Crippen LogP contribution in [0.5, 0.6) is 5.75 Å². The van der Waals surface area contributed by atoms with Gasteiger partial charge in [-0.15, -0.1) is 0 Å². The monoisotopic (exact) mass is 232 g/mol. The van der Waals surface area contributed by atoms with Gasteiger partial charge in [0, 0.05) is 19.2 Å². The molecule has 0 saturated heterocycles. The summed E-state index contributed by atoms with van der Waals surface area (Å²) in [6.45, 7) is 6.35. The fraction of sp³-hybridized carbons (Fsp3) is 0.500. The lowest BCUT2D eigenvalue weighted by Crippen LogP contribution is -2.25. The second kappa shape index (κ2) is 6.80. The largest absolute Gasteiger partial charge is 0.495 e. The Kier molecular flexibility index (Phi) is 5.35. The van der Waals surface area contributed by atoms with Crippen LogP contribution in [0.4, 0.5) is 5.69 Å². The van der Waals surface area contributed by atoms with E-state index in [0.29, 0.717) is 5.56 Å². The first-order valence-corrected chi connectivity index (χ1v) is 6.09. The number of benzene rings is 1. The summed E-state index contributed by atoms with van der Waals surface area (Å²) in [5.41, 5.74) is 1.72. The van der Waals surface area contributed by atoms with Gasteiger partial charge in [0.15, 0.2) is 0 Å². The second-order valence-electron chi connectivity index (χ2n) is 3.99. The minimum atomic E-state index is 0.638. The summed E-state index contributed by atoms with van der Waals surface area (Å²) >= 11 is 0. The van der Waals surface area contributed by atoms with E-state index in [2.05, 4.69) is 24.8 Å². The van der Waals surface area contributed by atoms with Gasteiger partial charge in [0.05, 0.1) is 24.4 Å². The van der Waals surface area contributed by atoms with E-state index < -0.39 is 0 Å². The first-order chi connectivity index (χ1) is 8.26. The molecule has 0 heterocycles. The number of nitrogens with zero attached hydrogens (tertiary/aromatic N) is 2. The molecule has 1 aromatic rings. The quantitative estimate of drug-likeness (QED) is 0.755. The van der Waals surface area contributed by atoms with Crippen molar-refractivity contribution >= 4 is 5.69 Å². The number of hydrogen-bond acceptors (Lipinski definition) is 3. The smallest absolute Gasteiger partial charge is 0.143 e. The van der Waals surface area contributed by atoms with E-state index in [4.69, 9.17) is 10.00 Å². The zero-order chi connectivity index (χ0) is 12.7. The van der Waals surface area contributed by atoms with Crippen molar-refractivity contribution in [1.29, 1.82) is 5.26 Å². The maximum Gasteiger partial charge on any atom is 0.143 e. The summed E-state index contributed by atoms with van der Waals surface area (Å²) < 4.78 is 5.37. The highest BCUT2D eigenvalue weighted by atomic mass is 16.5. The van der Waals surface area contributed by atoms with E-state index >= 15 is 0 Å². The first-order valence-electron chi connectivity index (χ1n) is 6.09. The topological polar surface area (TPSA) is 36.3 Å². The Morgan fingerprint density at radius 3 is 2.35 bits per heavy atom. The average molecular weight is 232 g/mol. The van der Waals surface area contributed by atoms with Crippen LogP contribution in [0.25, 0.3) is 0 Å². The van der Waals surface area contributed by atoms with Crippen LogP contribution in [0.3, 0.4) is 0 Å². The Balaban J connectivity index is 3.05. The molecule has 1 aromatic carbocycles. The van der Waals surface area contributed by atoms with Crippen molar-refractivity contribution in [3.05, 3.63) is 23.8 Å². The predicted octanol–water partition coefficient (Wildman–Crippen LogP) is 3.19. The summed E-state index contributed by atoms with van der Waals surface area (Å²) in [5.74, 6) is 0.783. The number of nitriles is 1. The highest BCUT2D eigenvalue weighted by Gasteiger charge is 2.11. The summed E-state index contributed by atoms with van der Waals surface area (Å²) in [6, 6.07) is 7.75. The van der Waals surface area contributed by atoms with Gasteiger partial charge in [0.2, 0.25) is 0 Å². The summed E-state index contributed by atoms with van der Waals surface area (Å²) in [4.78, 5) is 2.31. The molecule has 0 bridgehead atoms. The molecule has 17 heavy (non-hydrogen) atoms. The molecule has 0 aromatic heterocycles. The van der Waals surface area contributed by atoms with Crippen molar-refractivity contribution in [1.82, 2.24) is 0 Å². The van der Waals surface area contributed by atoms with Crippen LogP contribution in [0.15, 0.2) is 18.2 Å². The third-order valence-corrected chi connectivity index (χ3v) is 2.64. The van der Waals surface area contributed by atoms with Crippen molar-refractivity contribution in [3.8, 4) is 11.8 Å². The van der Waals surface area contributed by atoms with Crippen LogP contribution >= 0.6 is 0 Å². The van der Waals surface area contributed by atoms with Crippen molar-refractivity contribution in [2.24, 2.45) is 0 Å². The summed E-state index contributed by atoms with van der Waals surface area (Å²) in [7, 11) is 1.65. The lowest BCUT2D eigenvalue weighted by Gasteiger charge is -2.25. The van der Waals surface area contributed by atoms with Gasteiger partial charge in [-0.1, -0.05) is 13.8 Å². The molecule has 0 spiro atoms. The maximum absolute atomic E-state index is 8.87. The predicted molar refractivity (Wildman–Crippen MR) is 70.5 cm³/mol. The van der Waals surface area contributed by atoms with Crippen molar-refractivity contribution in [3.63, 3.8) is 0 Å². The van der Waals surface area contributed by atoms with E-state index in [1.54, 1.807) is 13.2 Å². The fourth-order valence-corrected chi connectivity index (χ4v) is 1.90. The number of rotatable bonds is 6. The van der Waals surface area contributed by atoms with Gasteiger partial charge < -0.3 is 9.64 Å². The molecule has 0 saturated carbocycles. The highest BCUT2D eigenvalue weighted by Crippen LogP contribution is 2.29. The van der Waals surface area contributed by atoms with Crippen molar-refractivity contribution in [2.45, 2.75) is 26.7 Å². The van der Waals surface area contributed by atoms with Crippen LogP contribution in [-0.4, -0.2) is 20.2 Å². The van der Waals surface area contributed by atoms with E-state index in [0.717, 1.165) is 37.4 Å². The van der Waals surface area contributed by atoms with Gasteiger partial charge in [0.25, 0.3) is 0 Å². The van der Waals surface area contributed by atoms with Crippen LogP contribution < -0.4 is 9.64 Å². The van der Waals surface area contributed by atoms with Crippen molar-refractivity contribution < 1.29 is 4.74 Å². The van der Waals surface area contributed by atoms with Crippen LogP contribution in [0.1, 0.15) is 32.3 Å². The Morgan fingerprint density at radius 1 is 1.24 bits per heavy atom. The van der Waals surface area contributed by atoms with Crippen molar-refractivity contribution in [2.75, 3.05) is 25.1 Å². The summed E-state index contributed by atoms with van der Waals surface area (Å²) in [6.07, 6.45) is 2.20. The Bertz CT molecular complexity index is 390. The van der Waals surface area contributed by atoms with E-state index in [9.17, 15) is 0 Å². The van der Waals surface area contributed by atoms with Gasteiger partial charge in [-0.25, -0.2) is 0 Å². The molecular weight excluding hydrogens is 212 g/mol. The van der Waals surface area contributed by atoms with Crippen LogP contribution in [0.2, 0.25) is 0 Å². The van der Waals surface area contributed by atoms with E-state index in [-0.39, 0.29) is 0 Å². The standard InChI is InChI=1S/C14H20N2O/c1-4-8-16(9-5-2)13-7-6-12(11-15)10-14(13)17-3/h6-7,10H,4-5,8-9H2,1-3H3. The number of methoxy groups -OCH3 is 1. The molecule has 0 aliphatic carbocycles. The minimum Gasteiger partial charge on any atom is -0.495 e. The van der Waals surface area contributed by atoms with Gasteiger partial charge >= 0.3 is 0 Å². The SMILES string of the molecule is CCCN(CCC)c1ccc(C#N)cc1OC. The molecule has 0 unspecified atom stereocenters. The molecule has 0 radical (unpaired) electrons. The van der Waals surface area contributed by atoms with Gasteiger partial charge in [-0.2, -0.15) is 5.26 Å². The Hall–Kier alpha value is -1.69. The van der Waals surface area contributed by atoms with E-state index in [1.807, 2.05) is 12.1 Å². The lowest BCUT2D eigenvalue weighted by molar-refractivity contribution is 0.414. The average Bonchev–Trinajstić information content (AvgIpc) is 2.37. The first kappa shape index (κ1) is 13.4. The summed E-state index contributed by atoms with van der Waals surface area (Å²) in [5, 5.41) is 8.87. The molecule has 0 amide bonds. The third kappa shape index (κ3) is 3.39. The molecule has 0 aliphatic rings. The fourth-order valence-electron chi connectivity index (χ4n) is 1.90. The van der Waals surface area contributed by atoms with Crippen LogP contribution in [-0.2, 0) is 0 Å². The third-order valence-electron chi connectivity index (χ3n) is 2.64. The number of ether oxygens (including phenoxy) is 1. The highest BCUT2D eigenvalue weighted by molar-refractivity contribution is 5.61. The molecule has 0 atom stereocenters. The van der Waals surface area contributed by atoms with Gasteiger partial charge in [0.1, 0.15) is 5.75 Å². The zero-order valence-corrected chi connectivity index (χ0v) is 10.9. The van der Waals surface area contributed by atoms with Gasteiger partial charge in [-0.3, -0.25) is 0 Å². The zero-order valence-electron chi connectivity index (χ0n) is 10.9. The number of hydrogen-bond donors (Lipinski definition) is 0. The minimum absolute atomic E-state index is 0.638. The normalized spacial score (nSPS) is 9.76. The van der Waals surface area contributed by atoms with E-state index in [1.165, 1.54) is 0 Å². The Morgan fingerprint density at radius 2 is 1.88 bits per heavy atom. The molecular formula is C14H20N2O.